The topological polar surface area (TPSA) is 74.5 Å². The fourth-order valence-corrected chi connectivity index (χ4v) is 2.41. The van der Waals surface area contributed by atoms with Gasteiger partial charge in [0.1, 0.15) is 30.4 Å². The maximum Gasteiger partial charge on any atom is 0.338 e. The van der Waals surface area contributed by atoms with Gasteiger partial charge in [-0.2, -0.15) is 0 Å². The number of carbonyl (C=O) groups is 1. The Morgan fingerprint density at radius 2 is 2.04 bits per heavy atom. The van der Waals surface area contributed by atoms with Crippen LogP contribution in [0.3, 0.4) is 0 Å². The summed E-state index contributed by atoms with van der Waals surface area (Å²) in [4.78, 5) is 16.1. The number of ether oxygens (including phenoxy) is 2. The van der Waals surface area contributed by atoms with Crippen molar-refractivity contribution < 1.29 is 18.8 Å². The van der Waals surface area contributed by atoms with Crippen LogP contribution < -0.4 is 4.74 Å². The zero-order valence-electron chi connectivity index (χ0n) is 12.4. The molecule has 7 heteroatoms. The van der Waals surface area contributed by atoms with Gasteiger partial charge in [-0.3, -0.25) is 0 Å². The molecule has 0 aliphatic rings. The molecular formula is C16H14N2O4S. The van der Waals surface area contributed by atoms with Gasteiger partial charge in [0.05, 0.1) is 16.8 Å². The Kier molecular flexibility index (Phi) is 4.68. The monoisotopic (exact) mass is 330 g/mol. The van der Waals surface area contributed by atoms with Crippen LogP contribution in [0.5, 0.6) is 5.75 Å². The van der Waals surface area contributed by atoms with Crippen molar-refractivity contribution in [2.75, 3.05) is 0 Å². The second-order valence-electron chi connectivity index (χ2n) is 4.80. The predicted octanol–water partition coefficient (Wildman–Crippen LogP) is 3.38. The molecule has 0 saturated heterocycles. The van der Waals surface area contributed by atoms with Crippen molar-refractivity contribution in [2.24, 2.45) is 0 Å². The summed E-state index contributed by atoms with van der Waals surface area (Å²) in [6.45, 7) is 2.26. The summed E-state index contributed by atoms with van der Waals surface area (Å²) in [6, 6.07) is 8.49. The van der Waals surface area contributed by atoms with Gasteiger partial charge in [0.25, 0.3) is 0 Å². The van der Waals surface area contributed by atoms with Crippen LogP contribution in [0.2, 0.25) is 0 Å². The molecule has 118 valence electrons. The van der Waals surface area contributed by atoms with Crippen LogP contribution in [-0.2, 0) is 18.0 Å². The second kappa shape index (κ2) is 7.06. The first-order valence-electron chi connectivity index (χ1n) is 6.90. The maximum atomic E-state index is 12.0. The van der Waals surface area contributed by atoms with E-state index in [4.69, 9.17) is 14.0 Å². The lowest BCUT2D eigenvalue weighted by molar-refractivity contribution is 0.0464. The Morgan fingerprint density at radius 1 is 1.22 bits per heavy atom. The van der Waals surface area contributed by atoms with Crippen LogP contribution >= 0.6 is 11.3 Å². The molecular weight excluding hydrogens is 316 g/mol. The molecule has 0 spiro atoms. The Morgan fingerprint density at radius 3 is 2.70 bits per heavy atom. The van der Waals surface area contributed by atoms with Crippen molar-refractivity contribution in [3.63, 3.8) is 0 Å². The molecule has 0 radical (unpaired) electrons. The first kappa shape index (κ1) is 15.2. The van der Waals surface area contributed by atoms with Gasteiger partial charge in [-0.15, -0.1) is 11.3 Å². The standard InChI is InChI=1S/C16H14N2O4S/c1-11-6-13(18-22-11)7-21-16(19)12-2-4-15(5-3-12)20-8-14-9-23-10-17-14/h2-6,9-10H,7-8H2,1H3. The van der Waals surface area contributed by atoms with Gasteiger partial charge in [-0.25, -0.2) is 9.78 Å². The van der Waals surface area contributed by atoms with E-state index in [1.807, 2.05) is 5.38 Å². The van der Waals surface area contributed by atoms with Crippen molar-refractivity contribution in [2.45, 2.75) is 20.1 Å². The molecule has 6 nitrogen and oxygen atoms in total. The maximum absolute atomic E-state index is 12.0. The average molecular weight is 330 g/mol. The highest BCUT2D eigenvalue weighted by Crippen LogP contribution is 2.15. The molecule has 0 N–H and O–H groups in total. The molecule has 0 aliphatic heterocycles. The van der Waals surface area contributed by atoms with Crippen molar-refractivity contribution >= 4 is 17.3 Å². The van der Waals surface area contributed by atoms with Gasteiger partial charge < -0.3 is 14.0 Å². The van der Waals surface area contributed by atoms with Crippen molar-refractivity contribution in [3.8, 4) is 5.75 Å². The summed E-state index contributed by atoms with van der Waals surface area (Å²) in [6.07, 6.45) is 0. The minimum Gasteiger partial charge on any atom is -0.487 e. The van der Waals surface area contributed by atoms with Crippen LogP contribution in [0.15, 0.2) is 45.7 Å². The van der Waals surface area contributed by atoms with Crippen molar-refractivity contribution in [1.29, 1.82) is 0 Å². The summed E-state index contributed by atoms with van der Waals surface area (Å²) in [5, 5.41) is 5.69. The number of nitrogens with zero attached hydrogens (tertiary/aromatic N) is 2. The molecule has 0 unspecified atom stereocenters. The lowest BCUT2D eigenvalue weighted by atomic mass is 10.2. The number of rotatable bonds is 6. The minimum absolute atomic E-state index is 0.0816. The number of hydrogen-bond acceptors (Lipinski definition) is 7. The summed E-state index contributed by atoms with van der Waals surface area (Å²) in [5.41, 5.74) is 3.67. The molecule has 3 rings (SSSR count). The molecule has 0 bridgehead atoms. The molecule has 3 aromatic rings. The van der Waals surface area contributed by atoms with Gasteiger partial charge in [0, 0.05) is 11.4 Å². The van der Waals surface area contributed by atoms with Crippen molar-refractivity contribution in [1.82, 2.24) is 10.1 Å². The molecule has 2 heterocycles. The van der Waals surface area contributed by atoms with Crippen LogP contribution in [0.25, 0.3) is 0 Å². The fourth-order valence-electron chi connectivity index (χ4n) is 1.86. The number of aromatic nitrogens is 2. The second-order valence-corrected chi connectivity index (χ2v) is 5.52. The van der Waals surface area contributed by atoms with Gasteiger partial charge in [-0.05, 0) is 31.2 Å². The first-order valence-corrected chi connectivity index (χ1v) is 7.84. The van der Waals surface area contributed by atoms with E-state index in [0.29, 0.717) is 29.4 Å². The third-order valence-corrected chi connectivity index (χ3v) is 3.62. The Hall–Kier alpha value is -2.67. The van der Waals surface area contributed by atoms with E-state index >= 15 is 0 Å². The zero-order chi connectivity index (χ0) is 16.1. The van der Waals surface area contributed by atoms with Crippen molar-refractivity contribution in [3.05, 3.63) is 63.9 Å². The van der Waals surface area contributed by atoms with E-state index < -0.39 is 5.97 Å². The van der Waals surface area contributed by atoms with Crippen LogP contribution in [0.4, 0.5) is 0 Å². The minimum atomic E-state index is -0.420. The zero-order valence-corrected chi connectivity index (χ0v) is 13.2. The highest BCUT2D eigenvalue weighted by atomic mass is 32.1. The van der Waals surface area contributed by atoms with Crippen LogP contribution in [-0.4, -0.2) is 16.1 Å². The van der Waals surface area contributed by atoms with Gasteiger partial charge in [-0.1, -0.05) is 5.16 Å². The fraction of sp³-hybridized carbons (Fsp3) is 0.188. The Balaban J connectivity index is 1.52. The largest absolute Gasteiger partial charge is 0.487 e. The summed E-state index contributed by atoms with van der Waals surface area (Å²) in [5.74, 6) is 0.927. The summed E-state index contributed by atoms with van der Waals surface area (Å²) in [7, 11) is 0. The molecule has 0 atom stereocenters. The number of benzene rings is 1. The van der Waals surface area contributed by atoms with E-state index in [2.05, 4.69) is 10.1 Å². The smallest absolute Gasteiger partial charge is 0.338 e. The highest BCUT2D eigenvalue weighted by molar-refractivity contribution is 7.07. The van der Waals surface area contributed by atoms with Crippen LogP contribution in [0, 0.1) is 6.92 Å². The third-order valence-electron chi connectivity index (χ3n) is 2.99. The Bertz CT molecular complexity index is 766. The SMILES string of the molecule is Cc1cc(COC(=O)c2ccc(OCc3cscn3)cc2)no1. The Labute approximate surface area is 136 Å². The van der Waals surface area contributed by atoms with Gasteiger partial charge >= 0.3 is 5.97 Å². The summed E-state index contributed by atoms with van der Waals surface area (Å²) < 4.78 is 15.7. The first-order chi connectivity index (χ1) is 11.2. The van der Waals surface area contributed by atoms with Gasteiger partial charge in [0.15, 0.2) is 0 Å². The molecule has 0 saturated carbocycles. The van der Waals surface area contributed by atoms with E-state index in [9.17, 15) is 4.79 Å². The average Bonchev–Trinajstić information content (AvgIpc) is 3.22. The number of aryl methyl sites for hydroxylation is 1. The molecule has 0 fully saturated rings. The summed E-state index contributed by atoms with van der Waals surface area (Å²) >= 11 is 1.52. The van der Waals surface area contributed by atoms with Gasteiger partial charge in [0.2, 0.25) is 0 Å². The van der Waals surface area contributed by atoms with E-state index in [-0.39, 0.29) is 6.61 Å². The van der Waals surface area contributed by atoms with E-state index in [0.717, 1.165) is 5.69 Å². The normalized spacial score (nSPS) is 10.5. The number of thiazole rings is 1. The molecule has 23 heavy (non-hydrogen) atoms. The predicted molar refractivity (Wildman–Crippen MR) is 83.2 cm³/mol. The third kappa shape index (κ3) is 4.17. The highest BCUT2D eigenvalue weighted by Gasteiger charge is 2.09. The number of esters is 1. The van der Waals surface area contributed by atoms with E-state index in [1.54, 1.807) is 42.8 Å². The molecule has 0 amide bonds. The molecule has 1 aromatic carbocycles. The number of hydrogen-bond donors (Lipinski definition) is 0. The number of carbonyl (C=O) groups excluding carboxylic acids is 1. The van der Waals surface area contributed by atoms with E-state index in [1.165, 1.54) is 11.3 Å². The lowest BCUT2D eigenvalue weighted by Gasteiger charge is -2.06. The lowest BCUT2D eigenvalue weighted by Crippen LogP contribution is -2.05. The molecule has 2 aromatic heterocycles. The van der Waals surface area contributed by atoms with Crippen LogP contribution in [0.1, 0.15) is 27.5 Å². The quantitative estimate of drug-likeness (QED) is 0.645. The molecule has 0 aliphatic carbocycles.